The highest BCUT2D eigenvalue weighted by Crippen LogP contribution is 2.09. The zero-order chi connectivity index (χ0) is 13.8. The van der Waals surface area contributed by atoms with Gasteiger partial charge in [0.25, 0.3) is 0 Å². The van der Waals surface area contributed by atoms with Gasteiger partial charge in [-0.1, -0.05) is 48.0 Å². The number of hydrogen-bond acceptors (Lipinski definition) is 2. The van der Waals surface area contributed by atoms with E-state index in [-0.39, 0.29) is 0 Å². The molecule has 1 rings (SSSR count). The van der Waals surface area contributed by atoms with E-state index in [1.807, 2.05) is 12.4 Å². The second-order valence-corrected chi connectivity index (χ2v) is 6.05. The number of halogens is 1. The van der Waals surface area contributed by atoms with Crippen molar-refractivity contribution in [3.8, 4) is 0 Å². The highest BCUT2D eigenvalue weighted by molar-refractivity contribution is 9.09. The molecule has 0 bridgehead atoms. The third-order valence-electron chi connectivity index (χ3n) is 3.38. The Bertz CT molecular complexity index is 303. The fourth-order valence-corrected chi connectivity index (χ4v) is 2.64. The van der Waals surface area contributed by atoms with Gasteiger partial charge in [0.1, 0.15) is 0 Å². The molecule has 0 aliphatic rings. The largest absolute Gasteiger partial charge is 0.302 e. The van der Waals surface area contributed by atoms with Crippen molar-refractivity contribution in [3.63, 3.8) is 0 Å². The van der Waals surface area contributed by atoms with Crippen molar-refractivity contribution in [2.45, 2.75) is 51.5 Å². The summed E-state index contributed by atoms with van der Waals surface area (Å²) < 4.78 is 0. The Morgan fingerprint density at radius 3 is 2.16 bits per heavy atom. The Morgan fingerprint density at radius 1 is 0.947 bits per heavy atom. The smallest absolute Gasteiger partial charge is 0.0271 e. The Morgan fingerprint density at radius 2 is 1.53 bits per heavy atom. The van der Waals surface area contributed by atoms with Crippen LogP contribution in [0.2, 0.25) is 0 Å². The van der Waals surface area contributed by atoms with Crippen LogP contribution in [-0.2, 0) is 6.54 Å². The minimum Gasteiger partial charge on any atom is -0.302 e. The number of hydrogen-bond donors (Lipinski definition) is 0. The van der Waals surface area contributed by atoms with Crippen molar-refractivity contribution < 1.29 is 0 Å². The average Bonchev–Trinajstić information content (AvgIpc) is 2.43. The molecule has 19 heavy (non-hydrogen) atoms. The summed E-state index contributed by atoms with van der Waals surface area (Å²) in [4.78, 5) is 6.45. The van der Waals surface area contributed by atoms with Gasteiger partial charge in [0.2, 0.25) is 0 Å². The molecule has 0 aliphatic heterocycles. The molecule has 1 aromatic heterocycles. The first-order valence-corrected chi connectivity index (χ1v) is 8.58. The van der Waals surface area contributed by atoms with Crippen molar-refractivity contribution in [2.24, 2.45) is 0 Å². The fraction of sp³-hybridized carbons (Fsp3) is 0.688. The molecule has 0 saturated carbocycles. The second-order valence-electron chi connectivity index (χ2n) is 5.26. The third-order valence-corrected chi connectivity index (χ3v) is 3.94. The monoisotopic (exact) mass is 326 g/mol. The summed E-state index contributed by atoms with van der Waals surface area (Å²) in [7, 11) is 2.20. The van der Waals surface area contributed by atoms with Crippen LogP contribution in [0.15, 0.2) is 24.5 Å². The van der Waals surface area contributed by atoms with Gasteiger partial charge in [-0.05, 0) is 44.1 Å². The maximum absolute atomic E-state index is 4.05. The van der Waals surface area contributed by atoms with E-state index in [9.17, 15) is 0 Å². The Labute approximate surface area is 126 Å². The zero-order valence-corrected chi connectivity index (χ0v) is 13.7. The third kappa shape index (κ3) is 9.17. The highest BCUT2D eigenvalue weighted by Gasteiger charge is 1.99. The van der Waals surface area contributed by atoms with Crippen LogP contribution in [0.25, 0.3) is 0 Å². The zero-order valence-electron chi connectivity index (χ0n) is 12.2. The summed E-state index contributed by atoms with van der Waals surface area (Å²) in [6.07, 6.45) is 13.3. The van der Waals surface area contributed by atoms with Crippen molar-refractivity contribution >= 4 is 15.9 Å². The van der Waals surface area contributed by atoms with Gasteiger partial charge in [0.15, 0.2) is 0 Å². The molecule has 0 spiro atoms. The van der Waals surface area contributed by atoms with Crippen LogP contribution in [0.1, 0.15) is 50.5 Å². The van der Waals surface area contributed by atoms with E-state index in [4.69, 9.17) is 0 Å². The van der Waals surface area contributed by atoms with E-state index in [0.717, 1.165) is 11.9 Å². The van der Waals surface area contributed by atoms with E-state index >= 15 is 0 Å². The first-order chi connectivity index (χ1) is 9.33. The van der Waals surface area contributed by atoms with Crippen LogP contribution >= 0.6 is 15.9 Å². The van der Waals surface area contributed by atoms with E-state index in [1.165, 1.54) is 57.1 Å². The Kier molecular flexibility index (Phi) is 10.0. The van der Waals surface area contributed by atoms with E-state index in [0.29, 0.717) is 0 Å². The SMILES string of the molecule is CN(CCCCCCCCCBr)Cc1ccncc1. The van der Waals surface area contributed by atoms with Crippen LogP contribution in [0.5, 0.6) is 0 Å². The number of rotatable bonds is 11. The van der Waals surface area contributed by atoms with Crippen molar-refractivity contribution in [2.75, 3.05) is 18.9 Å². The van der Waals surface area contributed by atoms with Gasteiger partial charge in [-0.3, -0.25) is 4.98 Å². The van der Waals surface area contributed by atoms with E-state index in [1.54, 1.807) is 0 Å². The molecule has 0 radical (unpaired) electrons. The predicted octanol–water partition coefficient (Wildman–Crippen LogP) is 4.64. The number of unbranched alkanes of at least 4 members (excludes halogenated alkanes) is 6. The molecule has 1 aromatic rings. The van der Waals surface area contributed by atoms with Crippen LogP contribution < -0.4 is 0 Å². The van der Waals surface area contributed by atoms with Crippen molar-refractivity contribution in [3.05, 3.63) is 30.1 Å². The summed E-state index contributed by atoms with van der Waals surface area (Å²) in [5.74, 6) is 0. The first-order valence-electron chi connectivity index (χ1n) is 7.46. The van der Waals surface area contributed by atoms with E-state index in [2.05, 4.69) is 45.0 Å². The van der Waals surface area contributed by atoms with Crippen LogP contribution in [0.3, 0.4) is 0 Å². The summed E-state index contributed by atoms with van der Waals surface area (Å²) in [6.45, 7) is 2.23. The molecule has 0 unspecified atom stereocenters. The lowest BCUT2D eigenvalue weighted by Crippen LogP contribution is -2.19. The number of aromatic nitrogens is 1. The molecule has 0 fully saturated rings. The van der Waals surface area contributed by atoms with Gasteiger partial charge in [0.05, 0.1) is 0 Å². The normalized spacial score (nSPS) is 11.1. The van der Waals surface area contributed by atoms with Gasteiger partial charge in [-0.25, -0.2) is 0 Å². The second kappa shape index (κ2) is 11.4. The summed E-state index contributed by atoms with van der Waals surface area (Å²) in [5.41, 5.74) is 1.35. The molecular weight excluding hydrogens is 300 g/mol. The van der Waals surface area contributed by atoms with Gasteiger partial charge >= 0.3 is 0 Å². The maximum Gasteiger partial charge on any atom is 0.0271 e. The molecule has 0 amide bonds. The lowest BCUT2D eigenvalue weighted by Gasteiger charge is -2.16. The average molecular weight is 327 g/mol. The molecule has 0 aliphatic carbocycles. The molecular formula is C16H27BrN2. The van der Waals surface area contributed by atoms with Crippen molar-refractivity contribution in [1.82, 2.24) is 9.88 Å². The summed E-state index contributed by atoms with van der Waals surface area (Å²) in [6, 6.07) is 4.20. The number of nitrogens with zero attached hydrogens (tertiary/aromatic N) is 2. The van der Waals surface area contributed by atoms with Crippen LogP contribution in [0.4, 0.5) is 0 Å². The fourth-order valence-electron chi connectivity index (χ4n) is 2.24. The van der Waals surface area contributed by atoms with E-state index < -0.39 is 0 Å². The molecule has 1 heterocycles. The molecule has 2 nitrogen and oxygen atoms in total. The quantitative estimate of drug-likeness (QED) is 0.435. The van der Waals surface area contributed by atoms with Gasteiger partial charge in [-0.2, -0.15) is 0 Å². The van der Waals surface area contributed by atoms with Crippen LogP contribution in [0, 0.1) is 0 Å². The van der Waals surface area contributed by atoms with Gasteiger partial charge in [-0.15, -0.1) is 0 Å². The first kappa shape index (κ1) is 16.6. The molecule has 0 atom stereocenters. The van der Waals surface area contributed by atoms with Crippen LogP contribution in [-0.4, -0.2) is 28.8 Å². The summed E-state index contributed by atoms with van der Waals surface area (Å²) >= 11 is 3.48. The Hall–Kier alpha value is -0.410. The van der Waals surface area contributed by atoms with Gasteiger partial charge < -0.3 is 4.90 Å². The standard InChI is InChI=1S/C16H27BrN2/c1-19(15-16-9-12-18-13-10-16)14-8-6-4-2-3-5-7-11-17/h9-10,12-13H,2-8,11,14-15H2,1H3. The Balaban J connectivity index is 1.94. The summed E-state index contributed by atoms with van der Waals surface area (Å²) in [5, 5.41) is 1.16. The predicted molar refractivity (Wildman–Crippen MR) is 86.7 cm³/mol. The molecule has 0 N–H and O–H groups in total. The lowest BCUT2D eigenvalue weighted by molar-refractivity contribution is 0.316. The van der Waals surface area contributed by atoms with Gasteiger partial charge in [0, 0.05) is 24.3 Å². The minimum atomic E-state index is 1.04. The number of pyridine rings is 1. The van der Waals surface area contributed by atoms with Crippen molar-refractivity contribution in [1.29, 1.82) is 0 Å². The molecule has 0 aromatic carbocycles. The highest BCUT2D eigenvalue weighted by atomic mass is 79.9. The molecule has 108 valence electrons. The lowest BCUT2D eigenvalue weighted by atomic mass is 10.1. The minimum absolute atomic E-state index is 1.04. The maximum atomic E-state index is 4.05. The molecule has 0 saturated heterocycles. The number of alkyl halides is 1. The topological polar surface area (TPSA) is 16.1 Å². The molecule has 3 heteroatoms.